The van der Waals surface area contributed by atoms with E-state index in [1.54, 1.807) is 0 Å². The molecule has 0 bridgehead atoms. The van der Waals surface area contributed by atoms with Crippen LogP contribution < -0.4 is 0 Å². The largest absolute Gasteiger partial charge is 0.394 e. The molecule has 1 saturated heterocycles. The van der Waals surface area contributed by atoms with Crippen LogP contribution in [0.4, 0.5) is 0 Å². The van der Waals surface area contributed by atoms with Crippen molar-refractivity contribution in [1.29, 1.82) is 0 Å². The molecule has 2 aromatic carbocycles. The third kappa shape index (κ3) is 4.25. The zero-order valence-electron chi connectivity index (χ0n) is 19.3. The van der Waals surface area contributed by atoms with E-state index in [-0.39, 0.29) is 0 Å². The number of rotatable bonds is 6. The molecule has 0 spiro atoms. The Morgan fingerprint density at radius 1 is 0.969 bits per heavy atom. The van der Waals surface area contributed by atoms with Gasteiger partial charge in [-0.3, -0.25) is 0 Å². The van der Waals surface area contributed by atoms with Gasteiger partial charge in [0.2, 0.25) is 0 Å². The van der Waals surface area contributed by atoms with Crippen LogP contribution in [0.2, 0.25) is 0 Å². The predicted molar refractivity (Wildman–Crippen MR) is 124 cm³/mol. The third-order valence-electron chi connectivity index (χ3n) is 7.24. The summed E-state index contributed by atoms with van der Waals surface area (Å²) in [4.78, 5) is 0. The van der Waals surface area contributed by atoms with Crippen molar-refractivity contribution < 1.29 is 25.2 Å². The van der Waals surface area contributed by atoms with Crippen LogP contribution in [0.1, 0.15) is 78.2 Å². The van der Waals surface area contributed by atoms with Crippen molar-refractivity contribution in [2.75, 3.05) is 6.61 Å². The van der Waals surface area contributed by atoms with E-state index < -0.39 is 37.1 Å². The van der Waals surface area contributed by atoms with Gasteiger partial charge in [0.05, 0.1) is 6.61 Å². The molecule has 0 radical (unpaired) electrons. The van der Waals surface area contributed by atoms with Crippen molar-refractivity contribution in [3.05, 3.63) is 69.3 Å². The van der Waals surface area contributed by atoms with E-state index >= 15 is 0 Å². The maximum absolute atomic E-state index is 10.8. The molecule has 0 saturated carbocycles. The fraction of sp³-hybridized carbons (Fsp3) is 0.556. The first-order chi connectivity index (χ1) is 15.3. The van der Waals surface area contributed by atoms with Crippen LogP contribution >= 0.6 is 0 Å². The van der Waals surface area contributed by atoms with Gasteiger partial charge in [0.15, 0.2) is 0 Å². The van der Waals surface area contributed by atoms with Crippen molar-refractivity contribution in [1.82, 2.24) is 0 Å². The Balaban J connectivity index is 1.75. The van der Waals surface area contributed by atoms with Gasteiger partial charge in [0.25, 0.3) is 0 Å². The molecule has 1 aliphatic heterocycles. The van der Waals surface area contributed by atoms with Gasteiger partial charge < -0.3 is 25.2 Å². The molecule has 1 heterocycles. The first-order valence-electron chi connectivity index (χ1n) is 11.9. The van der Waals surface area contributed by atoms with Gasteiger partial charge in [-0.2, -0.15) is 0 Å². The van der Waals surface area contributed by atoms with Crippen LogP contribution in [0.25, 0.3) is 0 Å². The van der Waals surface area contributed by atoms with Gasteiger partial charge in [0.1, 0.15) is 30.5 Å². The minimum absolute atomic E-state index is 0.414. The van der Waals surface area contributed by atoms with Crippen molar-refractivity contribution >= 4 is 0 Å². The second-order valence-corrected chi connectivity index (χ2v) is 9.59. The van der Waals surface area contributed by atoms with E-state index in [1.165, 1.54) is 33.4 Å². The molecule has 2 aliphatic rings. The lowest BCUT2D eigenvalue weighted by atomic mass is 9.83. The zero-order chi connectivity index (χ0) is 23.0. The molecule has 2 aromatic rings. The molecule has 0 amide bonds. The number of hydrogen-bond donors (Lipinski definition) is 4. The first-order valence-corrected chi connectivity index (χ1v) is 11.9. The lowest BCUT2D eigenvalue weighted by Gasteiger charge is -2.41. The number of aliphatic hydroxyl groups excluding tert-OH is 4. The molecule has 174 valence electrons. The van der Waals surface area contributed by atoms with Crippen molar-refractivity contribution in [3.8, 4) is 0 Å². The minimum Gasteiger partial charge on any atom is -0.394 e. The topological polar surface area (TPSA) is 90.2 Å². The SMILES string of the molecule is CCc1c([C@@H]2O[C@H](CO)C(O)[C@H](O)C2O)cc(Cc2ccc(C(C)C)cc2)c2c1CCC2. The fourth-order valence-corrected chi connectivity index (χ4v) is 5.40. The molecule has 4 rings (SSSR count). The highest BCUT2D eigenvalue weighted by Gasteiger charge is 2.45. The first kappa shape index (κ1) is 23.4. The van der Waals surface area contributed by atoms with Crippen molar-refractivity contribution in [2.24, 2.45) is 0 Å². The lowest BCUT2D eigenvalue weighted by Crippen LogP contribution is -2.55. The van der Waals surface area contributed by atoms with Crippen LogP contribution in [0, 0.1) is 0 Å². The lowest BCUT2D eigenvalue weighted by molar-refractivity contribution is -0.231. The summed E-state index contributed by atoms with van der Waals surface area (Å²) in [6, 6.07) is 10.9. The van der Waals surface area contributed by atoms with Gasteiger partial charge in [0, 0.05) is 0 Å². The summed E-state index contributed by atoms with van der Waals surface area (Å²) < 4.78 is 5.96. The van der Waals surface area contributed by atoms with E-state index in [1.807, 2.05) is 0 Å². The Morgan fingerprint density at radius 3 is 2.28 bits per heavy atom. The van der Waals surface area contributed by atoms with E-state index in [9.17, 15) is 20.4 Å². The number of fused-ring (bicyclic) bond motifs is 1. The maximum atomic E-state index is 10.8. The van der Waals surface area contributed by atoms with E-state index in [4.69, 9.17) is 4.74 Å². The van der Waals surface area contributed by atoms with Gasteiger partial charge in [-0.25, -0.2) is 0 Å². The summed E-state index contributed by atoms with van der Waals surface area (Å²) >= 11 is 0. The molecule has 2 unspecified atom stereocenters. The Bertz CT molecular complexity index is 934. The standard InChI is InChI=1S/C27H36O5/c1-4-19-21-7-5-6-20(21)18(12-16-8-10-17(11-9-16)15(2)3)13-22(19)27-26(31)25(30)24(29)23(14-28)32-27/h8-11,13,15,23-31H,4-7,12,14H2,1-3H3/t23-,24?,25+,26?,27+/m1/s1. The Kier molecular flexibility index (Phi) is 7.03. The summed E-state index contributed by atoms with van der Waals surface area (Å²) in [5.41, 5.74) is 8.59. The van der Waals surface area contributed by atoms with Crippen LogP contribution in [0.3, 0.4) is 0 Å². The van der Waals surface area contributed by atoms with E-state index in [0.717, 1.165) is 37.7 Å². The molecule has 5 heteroatoms. The second kappa shape index (κ2) is 9.62. The van der Waals surface area contributed by atoms with Crippen LogP contribution in [-0.4, -0.2) is 51.4 Å². The number of aliphatic hydroxyl groups is 4. The highest BCUT2D eigenvalue weighted by molar-refractivity contribution is 5.51. The summed E-state index contributed by atoms with van der Waals surface area (Å²) in [5, 5.41) is 41.0. The second-order valence-electron chi connectivity index (χ2n) is 9.59. The predicted octanol–water partition coefficient (Wildman–Crippen LogP) is 2.97. The molecule has 1 fully saturated rings. The van der Waals surface area contributed by atoms with Gasteiger partial charge >= 0.3 is 0 Å². The number of ether oxygens (including phenoxy) is 1. The summed E-state index contributed by atoms with van der Waals surface area (Å²) in [6.45, 7) is 6.07. The Labute approximate surface area is 190 Å². The zero-order valence-corrected chi connectivity index (χ0v) is 19.3. The average Bonchev–Trinajstić information content (AvgIpc) is 3.28. The summed E-state index contributed by atoms with van der Waals surface area (Å²) in [7, 11) is 0. The maximum Gasteiger partial charge on any atom is 0.113 e. The Morgan fingerprint density at radius 2 is 1.66 bits per heavy atom. The monoisotopic (exact) mass is 440 g/mol. The molecule has 32 heavy (non-hydrogen) atoms. The quantitative estimate of drug-likeness (QED) is 0.555. The van der Waals surface area contributed by atoms with Gasteiger partial charge in [-0.15, -0.1) is 0 Å². The van der Waals surface area contributed by atoms with E-state index in [0.29, 0.717) is 5.92 Å². The fourth-order valence-electron chi connectivity index (χ4n) is 5.40. The van der Waals surface area contributed by atoms with Gasteiger partial charge in [-0.05, 0) is 77.0 Å². The molecule has 5 atom stereocenters. The number of benzene rings is 2. The molecule has 5 nitrogen and oxygen atoms in total. The summed E-state index contributed by atoms with van der Waals surface area (Å²) in [6.07, 6.45) is -0.877. The highest BCUT2D eigenvalue weighted by atomic mass is 16.5. The molecule has 4 N–H and O–H groups in total. The van der Waals surface area contributed by atoms with Crippen molar-refractivity contribution in [3.63, 3.8) is 0 Å². The highest BCUT2D eigenvalue weighted by Crippen LogP contribution is 2.40. The Hall–Kier alpha value is -1.76. The van der Waals surface area contributed by atoms with Crippen molar-refractivity contribution in [2.45, 2.75) is 89.3 Å². The van der Waals surface area contributed by atoms with Crippen LogP contribution in [0.15, 0.2) is 30.3 Å². The minimum atomic E-state index is -1.36. The third-order valence-corrected chi connectivity index (χ3v) is 7.24. The molecular weight excluding hydrogens is 404 g/mol. The van der Waals surface area contributed by atoms with E-state index in [2.05, 4.69) is 51.1 Å². The summed E-state index contributed by atoms with van der Waals surface area (Å²) in [5.74, 6) is 0.495. The average molecular weight is 441 g/mol. The van der Waals surface area contributed by atoms with Gasteiger partial charge in [-0.1, -0.05) is 51.1 Å². The molecule has 1 aliphatic carbocycles. The number of hydrogen-bond acceptors (Lipinski definition) is 5. The molecule has 0 aromatic heterocycles. The smallest absolute Gasteiger partial charge is 0.113 e. The normalized spacial score (nSPS) is 27.7. The van der Waals surface area contributed by atoms with Crippen LogP contribution in [0.5, 0.6) is 0 Å². The molecular formula is C27H36O5. The van der Waals surface area contributed by atoms with Crippen LogP contribution in [-0.2, 0) is 30.4 Å².